The zero-order valence-electron chi connectivity index (χ0n) is 16.7. The molecule has 3 saturated carbocycles. The van der Waals surface area contributed by atoms with Gasteiger partial charge in [-0.1, -0.05) is 17.7 Å². The lowest BCUT2D eigenvalue weighted by molar-refractivity contribution is -0.129. The number of amides is 2. The molecule has 0 spiro atoms. The number of benzene rings is 1. The van der Waals surface area contributed by atoms with Crippen molar-refractivity contribution in [1.29, 1.82) is 0 Å². The number of hydrogen-bond donors (Lipinski definition) is 3. The minimum absolute atomic E-state index is 0.0206. The number of aliphatic hydroxyl groups excluding tert-OH is 1. The average molecular weight is 448 g/mol. The molecule has 3 N–H and O–H groups in total. The summed E-state index contributed by atoms with van der Waals surface area (Å²) in [5.41, 5.74) is -0.975. The van der Waals surface area contributed by atoms with E-state index in [1.807, 2.05) is 0 Å². The van der Waals surface area contributed by atoms with E-state index in [2.05, 4.69) is 15.6 Å². The Hall–Kier alpha value is -2.71. The highest BCUT2D eigenvalue weighted by Crippen LogP contribution is 2.47. The van der Waals surface area contributed by atoms with Gasteiger partial charge in [0.05, 0.1) is 16.7 Å². The largest absolute Gasteiger partial charge is 0.484 e. The standard InChI is InChI=1S/C22H23ClFN3O4/c23-15-5-4-14(11-16(15)24)31-13-19(29)26-21-6-8-22(9-7-21,18(28)12-21)27-20(30)17-3-1-2-10-25-17/h1-5,10-11,18,28H,6-9,12-13H2,(H,26,29)(H,27,30)/t18-,21?,22?/m0/s1. The minimum atomic E-state index is -0.797. The van der Waals surface area contributed by atoms with Gasteiger partial charge in [-0.05, 0) is 56.4 Å². The number of fused-ring (bicyclic) bond motifs is 3. The van der Waals surface area contributed by atoms with Crippen LogP contribution in [0.5, 0.6) is 5.75 Å². The Morgan fingerprint density at radius 3 is 2.61 bits per heavy atom. The predicted molar refractivity (Wildman–Crippen MR) is 111 cm³/mol. The Bertz CT molecular complexity index is 980. The Labute approximate surface area is 184 Å². The van der Waals surface area contributed by atoms with Crippen LogP contribution in [0.1, 0.15) is 42.6 Å². The summed E-state index contributed by atoms with van der Waals surface area (Å²) in [6.07, 6.45) is 3.39. The van der Waals surface area contributed by atoms with Crippen LogP contribution >= 0.6 is 11.6 Å². The topological polar surface area (TPSA) is 101 Å². The van der Waals surface area contributed by atoms with Gasteiger partial charge in [-0.15, -0.1) is 0 Å². The van der Waals surface area contributed by atoms with E-state index in [0.29, 0.717) is 37.8 Å². The van der Waals surface area contributed by atoms with Crippen molar-refractivity contribution >= 4 is 23.4 Å². The van der Waals surface area contributed by atoms with Crippen LogP contribution in [-0.4, -0.2) is 45.7 Å². The van der Waals surface area contributed by atoms with Gasteiger partial charge in [0.25, 0.3) is 11.8 Å². The molecular weight excluding hydrogens is 425 g/mol. The van der Waals surface area contributed by atoms with E-state index >= 15 is 0 Å². The van der Waals surface area contributed by atoms with Crippen LogP contribution in [-0.2, 0) is 4.79 Å². The quantitative estimate of drug-likeness (QED) is 0.632. The number of carbonyl (C=O) groups is 2. The lowest BCUT2D eigenvalue weighted by Crippen LogP contribution is -2.70. The molecule has 5 rings (SSSR count). The summed E-state index contributed by atoms with van der Waals surface area (Å²) in [5.74, 6) is -1.08. The summed E-state index contributed by atoms with van der Waals surface area (Å²) in [5, 5.41) is 16.8. The molecule has 9 heteroatoms. The number of halogens is 2. The van der Waals surface area contributed by atoms with Gasteiger partial charge in [0.15, 0.2) is 6.61 Å². The first-order valence-corrected chi connectivity index (χ1v) is 10.5. The Morgan fingerprint density at radius 1 is 1.19 bits per heavy atom. The zero-order chi connectivity index (χ0) is 22.1. The van der Waals surface area contributed by atoms with Gasteiger partial charge in [0.1, 0.15) is 17.3 Å². The van der Waals surface area contributed by atoms with Crippen molar-refractivity contribution < 1.29 is 23.8 Å². The van der Waals surface area contributed by atoms with E-state index in [9.17, 15) is 19.1 Å². The zero-order valence-corrected chi connectivity index (χ0v) is 17.5. The highest BCUT2D eigenvalue weighted by molar-refractivity contribution is 6.30. The lowest BCUT2D eigenvalue weighted by Gasteiger charge is -2.56. The van der Waals surface area contributed by atoms with Crippen LogP contribution in [0, 0.1) is 5.82 Å². The molecule has 2 bridgehead atoms. The molecule has 164 valence electrons. The molecule has 31 heavy (non-hydrogen) atoms. The number of hydrogen-bond acceptors (Lipinski definition) is 5. The molecule has 1 atom stereocenters. The molecule has 1 aromatic carbocycles. The fraction of sp³-hybridized carbons (Fsp3) is 0.409. The first kappa shape index (κ1) is 21.5. The molecule has 0 saturated heterocycles. The van der Waals surface area contributed by atoms with Crippen molar-refractivity contribution in [2.75, 3.05) is 6.61 Å². The summed E-state index contributed by atoms with van der Waals surface area (Å²) in [6.45, 7) is -0.277. The second kappa shape index (κ2) is 8.43. The fourth-order valence-corrected chi connectivity index (χ4v) is 4.61. The number of carbonyl (C=O) groups excluding carboxylic acids is 2. The highest BCUT2D eigenvalue weighted by atomic mass is 35.5. The van der Waals surface area contributed by atoms with Crippen molar-refractivity contribution in [2.24, 2.45) is 0 Å². The number of aliphatic hydroxyl groups is 1. The fourth-order valence-electron chi connectivity index (χ4n) is 4.50. The van der Waals surface area contributed by atoms with E-state index in [1.165, 1.54) is 12.1 Å². The summed E-state index contributed by atoms with van der Waals surface area (Å²) in [6, 6.07) is 9.06. The second-order valence-electron chi connectivity index (χ2n) is 8.24. The van der Waals surface area contributed by atoms with E-state index in [-0.39, 0.29) is 29.2 Å². The Morgan fingerprint density at radius 2 is 1.97 bits per heavy atom. The monoisotopic (exact) mass is 447 g/mol. The van der Waals surface area contributed by atoms with Crippen LogP contribution in [0.15, 0.2) is 42.6 Å². The number of pyridine rings is 1. The van der Waals surface area contributed by atoms with E-state index in [1.54, 1.807) is 24.4 Å². The van der Waals surface area contributed by atoms with Crippen molar-refractivity contribution in [3.8, 4) is 5.75 Å². The van der Waals surface area contributed by atoms with Gasteiger partial charge < -0.3 is 20.5 Å². The maximum absolute atomic E-state index is 13.5. The number of rotatable bonds is 6. The van der Waals surface area contributed by atoms with Crippen LogP contribution in [0.4, 0.5) is 4.39 Å². The summed E-state index contributed by atoms with van der Waals surface area (Å²) >= 11 is 5.64. The molecule has 2 aromatic rings. The number of aromatic nitrogens is 1. The number of ether oxygens (including phenoxy) is 1. The molecular formula is C22H23ClFN3O4. The molecule has 1 heterocycles. The summed E-state index contributed by atoms with van der Waals surface area (Å²) in [4.78, 5) is 29.1. The SMILES string of the molecule is O=C(COc1ccc(Cl)c(F)c1)NC12CCC(NC(=O)c3ccccn3)(CC1)[C@@H](O)C2. The van der Waals surface area contributed by atoms with Gasteiger partial charge in [0.2, 0.25) is 0 Å². The maximum Gasteiger partial charge on any atom is 0.270 e. The maximum atomic E-state index is 13.5. The Balaban J connectivity index is 1.34. The van der Waals surface area contributed by atoms with Gasteiger partial charge in [-0.25, -0.2) is 4.39 Å². The molecule has 0 aliphatic heterocycles. The van der Waals surface area contributed by atoms with Gasteiger partial charge >= 0.3 is 0 Å². The molecule has 7 nitrogen and oxygen atoms in total. The van der Waals surface area contributed by atoms with Crippen molar-refractivity contribution in [1.82, 2.24) is 15.6 Å². The minimum Gasteiger partial charge on any atom is -0.484 e. The van der Waals surface area contributed by atoms with Crippen molar-refractivity contribution in [2.45, 2.75) is 49.3 Å². The molecule has 0 unspecified atom stereocenters. The smallest absolute Gasteiger partial charge is 0.270 e. The molecule has 2 amide bonds. The summed E-state index contributed by atoms with van der Waals surface area (Å²) in [7, 11) is 0. The number of nitrogens with zero attached hydrogens (tertiary/aromatic N) is 1. The lowest BCUT2D eigenvalue weighted by atomic mass is 9.60. The third kappa shape index (κ3) is 4.50. The van der Waals surface area contributed by atoms with Crippen LogP contribution < -0.4 is 15.4 Å². The Kier molecular flexibility index (Phi) is 5.85. The molecule has 0 radical (unpaired) electrons. The van der Waals surface area contributed by atoms with Crippen molar-refractivity contribution in [3.05, 3.63) is 59.1 Å². The van der Waals surface area contributed by atoms with Crippen molar-refractivity contribution in [3.63, 3.8) is 0 Å². The summed E-state index contributed by atoms with van der Waals surface area (Å²) < 4.78 is 18.9. The number of nitrogens with one attached hydrogen (secondary N) is 2. The highest BCUT2D eigenvalue weighted by Gasteiger charge is 2.55. The van der Waals surface area contributed by atoms with Crippen LogP contribution in [0.25, 0.3) is 0 Å². The molecule has 3 fully saturated rings. The first-order chi connectivity index (χ1) is 14.8. The van der Waals surface area contributed by atoms with Crippen LogP contribution in [0.3, 0.4) is 0 Å². The van der Waals surface area contributed by atoms with Gasteiger partial charge in [-0.3, -0.25) is 14.6 Å². The molecule has 3 aliphatic rings. The molecule has 3 aliphatic carbocycles. The average Bonchev–Trinajstić information content (AvgIpc) is 2.76. The third-order valence-corrected chi connectivity index (χ3v) is 6.55. The van der Waals surface area contributed by atoms with Gasteiger partial charge in [0, 0.05) is 17.8 Å². The normalized spacial score (nSPS) is 26.9. The molecule has 1 aromatic heterocycles. The van der Waals surface area contributed by atoms with E-state index < -0.39 is 23.0 Å². The third-order valence-electron chi connectivity index (χ3n) is 6.25. The van der Waals surface area contributed by atoms with E-state index in [4.69, 9.17) is 16.3 Å². The predicted octanol–water partition coefficient (Wildman–Crippen LogP) is 2.62. The van der Waals surface area contributed by atoms with Crippen LogP contribution in [0.2, 0.25) is 5.02 Å². The first-order valence-electron chi connectivity index (χ1n) is 10.1. The second-order valence-corrected chi connectivity index (χ2v) is 8.65. The van der Waals surface area contributed by atoms with E-state index in [0.717, 1.165) is 6.07 Å². The van der Waals surface area contributed by atoms with Gasteiger partial charge in [-0.2, -0.15) is 0 Å².